The van der Waals surface area contributed by atoms with Crippen molar-refractivity contribution in [3.8, 4) is 0 Å². The molecule has 6 nitrogen and oxygen atoms in total. The lowest BCUT2D eigenvalue weighted by Crippen LogP contribution is -2.26. The molecule has 20 heavy (non-hydrogen) atoms. The minimum Gasteiger partial charge on any atom is -0.270 e. The van der Waals surface area contributed by atoms with Gasteiger partial charge in [-0.1, -0.05) is 41.5 Å². The monoisotopic (exact) mass is 330 g/mol. The summed E-state index contributed by atoms with van der Waals surface area (Å²) in [4.78, 5) is 0. The van der Waals surface area contributed by atoms with Crippen LogP contribution in [0.3, 0.4) is 0 Å². The fourth-order valence-corrected chi connectivity index (χ4v) is 3.79. The standard InChI is InChI=1S/C12H26O6S2/c1-11(2,3)9-17-19(13,14)7-8-20(15,16)18-10-12(4,5)6/h7-10H2,1-6H3. The average Bonchev–Trinajstić information content (AvgIpc) is 2.20. The highest BCUT2D eigenvalue weighted by molar-refractivity contribution is 7.90. The smallest absolute Gasteiger partial charge is 0.268 e. The summed E-state index contributed by atoms with van der Waals surface area (Å²) in [5.74, 6) is -1.20. The summed E-state index contributed by atoms with van der Waals surface area (Å²) in [5, 5.41) is 0. The number of hydrogen-bond donors (Lipinski definition) is 0. The van der Waals surface area contributed by atoms with E-state index in [0.717, 1.165) is 0 Å². The summed E-state index contributed by atoms with van der Waals surface area (Å²) >= 11 is 0. The third kappa shape index (κ3) is 11.6. The molecule has 0 unspecified atom stereocenters. The summed E-state index contributed by atoms with van der Waals surface area (Å²) in [6.45, 7) is 11.0. The molecule has 0 heterocycles. The van der Waals surface area contributed by atoms with Crippen LogP contribution in [0.15, 0.2) is 0 Å². The van der Waals surface area contributed by atoms with Gasteiger partial charge in [-0.25, -0.2) is 0 Å². The van der Waals surface area contributed by atoms with Gasteiger partial charge in [0, 0.05) is 0 Å². The van der Waals surface area contributed by atoms with Crippen molar-refractivity contribution < 1.29 is 25.2 Å². The van der Waals surface area contributed by atoms with Crippen LogP contribution in [0.5, 0.6) is 0 Å². The lowest BCUT2D eigenvalue weighted by atomic mass is 9.99. The largest absolute Gasteiger partial charge is 0.270 e. The molecule has 0 saturated heterocycles. The van der Waals surface area contributed by atoms with Crippen LogP contribution in [-0.2, 0) is 28.6 Å². The molecule has 0 aromatic rings. The van der Waals surface area contributed by atoms with Crippen LogP contribution < -0.4 is 0 Å². The molecule has 0 saturated carbocycles. The maximum atomic E-state index is 11.6. The van der Waals surface area contributed by atoms with Gasteiger partial charge in [-0.2, -0.15) is 16.8 Å². The second-order valence-corrected chi connectivity index (χ2v) is 10.7. The normalized spacial score (nSPS) is 14.5. The predicted molar refractivity (Wildman–Crippen MR) is 78.4 cm³/mol. The van der Waals surface area contributed by atoms with Crippen molar-refractivity contribution in [1.29, 1.82) is 0 Å². The van der Waals surface area contributed by atoms with Crippen molar-refractivity contribution in [3.05, 3.63) is 0 Å². The first kappa shape index (κ1) is 19.8. The van der Waals surface area contributed by atoms with Crippen molar-refractivity contribution in [3.63, 3.8) is 0 Å². The maximum Gasteiger partial charge on any atom is 0.268 e. The Morgan fingerprint density at radius 3 is 1.10 bits per heavy atom. The second-order valence-electron chi connectivity index (χ2n) is 7.17. The number of hydrogen-bond acceptors (Lipinski definition) is 6. The van der Waals surface area contributed by atoms with Gasteiger partial charge in [-0.05, 0) is 10.8 Å². The topological polar surface area (TPSA) is 86.7 Å². The van der Waals surface area contributed by atoms with E-state index in [1.54, 1.807) is 0 Å². The van der Waals surface area contributed by atoms with E-state index in [0.29, 0.717) is 0 Å². The van der Waals surface area contributed by atoms with Gasteiger partial charge in [0.2, 0.25) is 0 Å². The molecule has 0 aromatic heterocycles. The van der Waals surface area contributed by atoms with Gasteiger partial charge in [0.25, 0.3) is 20.2 Å². The highest BCUT2D eigenvalue weighted by atomic mass is 32.2. The van der Waals surface area contributed by atoms with Crippen LogP contribution in [0.25, 0.3) is 0 Å². The van der Waals surface area contributed by atoms with Crippen LogP contribution in [0, 0.1) is 10.8 Å². The predicted octanol–water partition coefficient (Wildman–Crippen LogP) is 1.77. The van der Waals surface area contributed by atoms with E-state index in [4.69, 9.17) is 8.37 Å². The number of rotatable bonds is 7. The van der Waals surface area contributed by atoms with Crippen molar-refractivity contribution in [1.82, 2.24) is 0 Å². The van der Waals surface area contributed by atoms with Crippen molar-refractivity contribution >= 4 is 20.2 Å². The van der Waals surface area contributed by atoms with Gasteiger partial charge >= 0.3 is 0 Å². The molecule has 8 heteroatoms. The van der Waals surface area contributed by atoms with Gasteiger partial charge in [-0.3, -0.25) is 8.37 Å². The highest BCUT2D eigenvalue weighted by Crippen LogP contribution is 2.16. The van der Waals surface area contributed by atoms with Gasteiger partial charge < -0.3 is 0 Å². The summed E-state index contributed by atoms with van der Waals surface area (Å²) in [7, 11) is -7.72. The Kier molecular flexibility index (Phi) is 6.66. The SMILES string of the molecule is CC(C)(C)COS(=O)(=O)CCS(=O)(=O)OCC(C)(C)C. The molecule has 0 N–H and O–H groups in total. The van der Waals surface area contributed by atoms with Gasteiger partial charge in [0.15, 0.2) is 0 Å². The van der Waals surface area contributed by atoms with Crippen molar-refractivity contribution in [2.24, 2.45) is 10.8 Å². The fraction of sp³-hybridized carbons (Fsp3) is 1.00. The zero-order chi connectivity index (χ0) is 16.2. The van der Waals surface area contributed by atoms with Crippen LogP contribution >= 0.6 is 0 Å². The Morgan fingerprint density at radius 2 is 0.900 bits per heavy atom. The van der Waals surface area contributed by atoms with E-state index in [9.17, 15) is 16.8 Å². The summed E-state index contributed by atoms with van der Waals surface area (Å²) in [5.41, 5.74) is -0.622. The first-order valence-corrected chi connectivity index (χ1v) is 9.52. The van der Waals surface area contributed by atoms with Crippen LogP contribution in [-0.4, -0.2) is 41.6 Å². The summed E-state index contributed by atoms with van der Waals surface area (Å²) in [6, 6.07) is 0. The Labute approximate surface area is 123 Å². The lowest BCUT2D eigenvalue weighted by Gasteiger charge is -2.18. The Morgan fingerprint density at radius 1 is 0.650 bits per heavy atom. The molecule has 0 atom stereocenters. The molecular weight excluding hydrogens is 304 g/mol. The molecule has 0 aromatic carbocycles. The fourth-order valence-electron chi connectivity index (χ4n) is 0.855. The molecule has 0 radical (unpaired) electrons. The van der Waals surface area contributed by atoms with E-state index in [1.165, 1.54) is 0 Å². The van der Waals surface area contributed by atoms with Gasteiger partial charge in [-0.15, -0.1) is 0 Å². The van der Waals surface area contributed by atoms with E-state index in [1.807, 2.05) is 41.5 Å². The Bertz CT molecular complexity index is 443. The van der Waals surface area contributed by atoms with Crippen LogP contribution in [0.2, 0.25) is 0 Å². The molecule has 0 aliphatic carbocycles. The highest BCUT2D eigenvalue weighted by Gasteiger charge is 2.23. The molecule has 0 fully saturated rings. The third-order valence-electron chi connectivity index (χ3n) is 1.93. The zero-order valence-corrected chi connectivity index (χ0v) is 14.7. The molecule has 0 aliphatic heterocycles. The molecule has 122 valence electrons. The first-order valence-electron chi connectivity index (χ1n) is 6.36. The minimum atomic E-state index is -3.86. The Hall–Kier alpha value is -0.180. The van der Waals surface area contributed by atoms with E-state index in [-0.39, 0.29) is 24.0 Å². The molecule has 0 aliphatic rings. The lowest BCUT2D eigenvalue weighted by molar-refractivity contribution is 0.201. The molecule has 0 amide bonds. The van der Waals surface area contributed by atoms with E-state index < -0.39 is 31.7 Å². The van der Waals surface area contributed by atoms with Crippen LogP contribution in [0.1, 0.15) is 41.5 Å². The van der Waals surface area contributed by atoms with Crippen molar-refractivity contribution in [2.75, 3.05) is 24.7 Å². The average molecular weight is 330 g/mol. The van der Waals surface area contributed by atoms with Gasteiger partial charge in [0.05, 0.1) is 24.7 Å². The van der Waals surface area contributed by atoms with E-state index in [2.05, 4.69) is 0 Å². The third-order valence-corrected chi connectivity index (χ3v) is 4.55. The van der Waals surface area contributed by atoms with Crippen molar-refractivity contribution in [2.45, 2.75) is 41.5 Å². The molecule has 0 rings (SSSR count). The Balaban J connectivity index is 4.39. The summed E-state index contributed by atoms with van der Waals surface area (Å²) in [6.07, 6.45) is 0. The zero-order valence-electron chi connectivity index (χ0n) is 13.1. The molecule has 0 bridgehead atoms. The van der Waals surface area contributed by atoms with E-state index >= 15 is 0 Å². The molecule has 0 spiro atoms. The molecular formula is C12H26O6S2. The summed E-state index contributed by atoms with van der Waals surface area (Å²) < 4.78 is 55.9. The second kappa shape index (κ2) is 6.72. The first-order chi connectivity index (χ1) is 8.62. The van der Waals surface area contributed by atoms with Gasteiger partial charge in [0.1, 0.15) is 0 Å². The minimum absolute atomic E-state index is 0.0121. The quantitative estimate of drug-likeness (QED) is 0.661. The maximum absolute atomic E-state index is 11.6. The van der Waals surface area contributed by atoms with Crippen LogP contribution in [0.4, 0.5) is 0 Å².